The van der Waals surface area contributed by atoms with Crippen molar-refractivity contribution in [3.8, 4) is 0 Å². The predicted molar refractivity (Wildman–Crippen MR) is 109 cm³/mol. The van der Waals surface area contributed by atoms with Crippen molar-refractivity contribution in [3.05, 3.63) is 6.07 Å². The van der Waals surface area contributed by atoms with Gasteiger partial charge in [0.2, 0.25) is 5.95 Å². The molecule has 0 spiro atoms. The van der Waals surface area contributed by atoms with Gasteiger partial charge in [-0.05, 0) is 37.5 Å². The van der Waals surface area contributed by atoms with Crippen molar-refractivity contribution in [2.75, 3.05) is 48.7 Å². The van der Waals surface area contributed by atoms with Crippen LogP contribution in [0.25, 0.3) is 0 Å². The molecular formula is C20H34N6O. The minimum Gasteiger partial charge on any atom is -0.395 e. The van der Waals surface area contributed by atoms with Crippen molar-refractivity contribution in [2.45, 2.75) is 57.5 Å². The molecule has 0 saturated carbocycles. The van der Waals surface area contributed by atoms with Crippen LogP contribution < -0.4 is 16.0 Å². The molecule has 1 aromatic rings. The summed E-state index contributed by atoms with van der Waals surface area (Å²) in [6.45, 7) is 6.21. The van der Waals surface area contributed by atoms with E-state index >= 15 is 0 Å². The molecule has 3 aliphatic heterocycles. The molecule has 7 nitrogen and oxygen atoms in total. The number of hydrogen-bond acceptors (Lipinski definition) is 7. The first-order valence-electron chi connectivity index (χ1n) is 10.7. The summed E-state index contributed by atoms with van der Waals surface area (Å²) in [6, 6.07) is 3.51. The predicted octanol–water partition coefficient (Wildman–Crippen LogP) is 1.94. The van der Waals surface area contributed by atoms with Crippen molar-refractivity contribution < 1.29 is 5.11 Å². The van der Waals surface area contributed by atoms with Gasteiger partial charge in [-0.15, -0.1) is 0 Å². The molecule has 3 aliphatic rings. The van der Waals surface area contributed by atoms with E-state index in [2.05, 4.69) is 32.0 Å². The standard InChI is InChI=1S/C20H34N6O/c1-2-4-16-5-3-6-17-15-9-14(12-26(16)17)11-25(13-15)19-10-18(22-7-8-27)23-20(21)24-19/h10,14-17,27H,2-9,11-13H2,1H3,(H3,21,22,23,24)/t14-,15+,16-,17-/m0/s1. The molecule has 7 heteroatoms. The molecule has 4 heterocycles. The topological polar surface area (TPSA) is 90.5 Å². The van der Waals surface area contributed by atoms with Crippen LogP contribution in [0.2, 0.25) is 0 Å². The Morgan fingerprint density at radius 3 is 2.96 bits per heavy atom. The molecular weight excluding hydrogens is 340 g/mol. The van der Waals surface area contributed by atoms with Crippen LogP contribution in [-0.4, -0.2) is 64.8 Å². The zero-order valence-corrected chi connectivity index (χ0v) is 16.5. The molecule has 1 aromatic heterocycles. The maximum Gasteiger partial charge on any atom is 0.223 e. The molecule has 2 bridgehead atoms. The van der Waals surface area contributed by atoms with Crippen molar-refractivity contribution in [3.63, 3.8) is 0 Å². The maximum atomic E-state index is 9.04. The molecule has 0 unspecified atom stereocenters. The summed E-state index contributed by atoms with van der Waals surface area (Å²) in [5.41, 5.74) is 5.95. The molecule has 4 rings (SSSR count). The lowest BCUT2D eigenvalue weighted by Crippen LogP contribution is -2.61. The van der Waals surface area contributed by atoms with E-state index in [0.717, 1.165) is 36.9 Å². The van der Waals surface area contributed by atoms with Crippen LogP contribution in [0.3, 0.4) is 0 Å². The lowest BCUT2D eigenvalue weighted by atomic mass is 9.74. The molecule has 0 aromatic carbocycles. The minimum absolute atomic E-state index is 0.0730. The highest BCUT2D eigenvalue weighted by Gasteiger charge is 2.44. The van der Waals surface area contributed by atoms with Crippen LogP contribution in [0.15, 0.2) is 6.07 Å². The van der Waals surface area contributed by atoms with Crippen molar-refractivity contribution in [1.82, 2.24) is 14.9 Å². The lowest BCUT2D eigenvalue weighted by molar-refractivity contribution is -0.0216. The Kier molecular flexibility index (Phi) is 5.68. The third-order valence-electron chi connectivity index (χ3n) is 6.61. The van der Waals surface area contributed by atoms with Gasteiger partial charge < -0.3 is 21.1 Å². The molecule has 0 amide bonds. The van der Waals surface area contributed by atoms with E-state index in [-0.39, 0.29) is 6.61 Å². The summed E-state index contributed by atoms with van der Waals surface area (Å²) in [4.78, 5) is 14.0. The van der Waals surface area contributed by atoms with E-state index in [1.54, 1.807) is 0 Å². The summed E-state index contributed by atoms with van der Waals surface area (Å²) in [5.74, 6) is 3.35. The Labute approximate surface area is 162 Å². The average molecular weight is 375 g/mol. The Hall–Kier alpha value is -1.60. The van der Waals surface area contributed by atoms with Gasteiger partial charge in [0.25, 0.3) is 0 Å². The van der Waals surface area contributed by atoms with E-state index in [1.165, 1.54) is 45.1 Å². The molecule has 3 saturated heterocycles. The Balaban J connectivity index is 1.50. The lowest BCUT2D eigenvalue weighted by Gasteiger charge is -2.55. The number of nitrogen functional groups attached to an aromatic ring is 1. The van der Waals surface area contributed by atoms with Crippen LogP contribution in [0.4, 0.5) is 17.6 Å². The molecule has 0 radical (unpaired) electrons. The van der Waals surface area contributed by atoms with Gasteiger partial charge in [-0.2, -0.15) is 9.97 Å². The second-order valence-corrected chi connectivity index (χ2v) is 8.52. The van der Waals surface area contributed by atoms with Gasteiger partial charge in [-0.3, -0.25) is 4.90 Å². The number of nitrogens with one attached hydrogen (secondary N) is 1. The fourth-order valence-electron chi connectivity index (χ4n) is 5.63. The van der Waals surface area contributed by atoms with Crippen molar-refractivity contribution in [1.29, 1.82) is 0 Å². The van der Waals surface area contributed by atoms with Crippen molar-refractivity contribution >= 4 is 17.6 Å². The molecule has 150 valence electrons. The van der Waals surface area contributed by atoms with Crippen molar-refractivity contribution in [2.24, 2.45) is 11.8 Å². The molecule has 0 aliphatic carbocycles. The first-order valence-corrected chi connectivity index (χ1v) is 10.7. The van der Waals surface area contributed by atoms with E-state index in [9.17, 15) is 0 Å². The van der Waals surface area contributed by atoms with Crippen LogP contribution in [0, 0.1) is 11.8 Å². The molecule has 27 heavy (non-hydrogen) atoms. The third kappa shape index (κ3) is 3.99. The zero-order valence-electron chi connectivity index (χ0n) is 16.5. The smallest absolute Gasteiger partial charge is 0.223 e. The summed E-state index contributed by atoms with van der Waals surface area (Å²) in [6.07, 6.45) is 8.10. The Bertz CT molecular complexity index is 639. The summed E-state index contributed by atoms with van der Waals surface area (Å²) >= 11 is 0. The quantitative estimate of drug-likeness (QED) is 0.701. The van der Waals surface area contributed by atoms with Gasteiger partial charge in [0.1, 0.15) is 11.6 Å². The number of nitrogens with zero attached hydrogens (tertiary/aromatic N) is 4. The number of aromatic nitrogens is 2. The molecule has 4 N–H and O–H groups in total. The highest BCUT2D eigenvalue weighted by atomic mass is 16.3. The SMILES string of the molecule is CCC[C@H]1CCC[C@H]2[C@@H]3C[C@@H](CN(c4cc(NCCO)nc(N)n4)C3)CN12. The first kappa shape index (κ1) is 18.7. The molecule has 3 fully saturated rings. The monoisotopic (exact) mass is 374 g/mol. The second kappa shape index (κ2) is 8.19. The number of nitrogens with two attached hydrogens (primary N) is 1. The maximum absolute atomic E-state index is 9.04. The summed E-state index contributed by atoms with van der Waals surface area (Å²) < 4.78 is 0. The summed E-state index contributed by atoms with van der Waals surface area (Å²) in [5, 5.41) is 12.2. The van der Waals surface area contributed by atoms with Crippen LogP contribution in [-0.2, 0) is 0 Å². The van der Waals surface area contributed by atoms with Gasteiger partial charge in [-0.25, -0.2) is 0 Å². The number of rotatable bonds is 6. The number of hydrogen-bond donors (Lipinski definition) is 3. The van der Waals surface area contributed by atoms with Gasteiger partial charge >= 0.3 is 0 Å². The number of fused-ring (bicyclic) bond motifs is 4. The van der Waals surface area contributed by atoms with E-state index in [4.69, 9.17) is 10.8 Å². The second-order valence-electron chi connectivity index (χ2n) is 8.52. The van der Waals surface area contributed by atoms with Crippen LogP contribution >= 0.6 is 0 Å². The normalized spacial score (nSPS) is 30.8. The van der Waals surface area contributed by atoms with Crippen LogP contribution in [0.1, 0.15) is 45.4 Å². The largest absolute Gasteiger partial charge is 0.395 e. The molecule has 4 atom stereocenters. The Morgan fingerprint density at radius 2 is 2.15 bits per heavy atom. The number of anilines is 3. The van der Waals surface area contributed by atoms with Gasteiger partial charge in [0.15, 0.2) is 0 Å². The van der Waals surface area contributed by atoms with E-state index in [0.29, 0.717) is 24.2 Å². The summed E-state index contributed by atoms with van der Waals surface area (Å²) in [7, 11) is 0. The zero-order chi connectivity index (χ0) is 18.8. The first-order chi connectivity index (χ1) is 13.2. The fourth-order valence-corrected chi connectivity index (χ4v) is 5.63. The third-order valence-corrected chi connectivity index (χ3v) is 6.61. The highest BCUT2D eigenvalue weighted by Crippen LogP contribution is 2.41. The minimum atomic E-state index is 0.0730. The number of aliphatic hydroxyl groups is 1. The van der Waals surface area contributed by atoms with Gasteiger partial charge in [0.05, 0.1) is 6.61 Å². The Morgan fingerprint density at radius 1 is 1.26 bits per heavy atom. The number of aliphatic hydroxyl groups excluding tert-OH is 1. The van der Waals surface area contributed by atoms with Gasteiger partial charge in [0, 0.05) is 44.3 Å². The van der Waals surface area contributed by atoms with Crippen LogP contribution in [0.5, 0.6) is 0 Å². The van der Waals surface area contributed by atoms with Gasteiger partial charge in [-0.1, -0.05) is 19.8 Å². The highest BCUT2D eigenvalue weighted by molar-refractivity contribution is 5.53. The number of piperidine rings is 3. The van der Waals surface area contributed by atoms with E-state index < -0.39 is 0 Å². The fraction of sp³-hybridized carbons (Fsp3) is 0.800. The average Bonchev–Trinajstić information content (AvgIpc) is 2.66. The van der Waals surface area contributed by atoms with E-state index in [1.807, 2.05) is 6.07 Å².